The number of anilines is 1. The lowest BCUT2D eigenvalue weighted by Crippen LogP contribution is -2.33. The van der Waals surface area contributed by atoms with E-state index in [9.17, 15) is 10.4 Å². The van der Waals surface area contributed by atoms with E-state index in [0.29, 0.717) is 6.42 Å². The van der Waals surface area contributed by atoms with Gasteiger partial charge in [0.05, 0.1) is 6.07 Å². The van der Waals surface area contributed by atoms with E-state index in [-0.39, 0.29) is 5.75 Å². The molecule has 3 nitrogen and oxygen atoms in total. The lowest BCUT2D eigenvalue weighted by Gasteiger charge is -2.24. The quantitative estimate of drug-likeness (QED) is 0.840. The molecule has 0 heterocycles. The first-order chi connectivity index (χ1) is 10.0. The molecule has 4 heteroatoms. The monoisotopic (exact) mass is 344 g/mol. The van der Waals surface area contributed by atoms with Crippen molar-refractivity contribution >= 4 is 21.6 Å². The molecule has 0 aliphatic rings. The van der Waals surface area contributed by atoms with Crippen LogP contribution in [0.1, 0.15) is 18.9 Å². The Balaban J connectivity index is 2.04. The van der Waals surface area contributed by atoms with E-state index < -0.39 is 5.54 Å². The van der Waals surface area contributed by atoms with Crippen molar-refractivity contribution in [1.82, 2.24) is 0 Å². The molecule has 0 fully saturated rings. The van der Waals surface area contributed by atoms with E-state index in [1.54, 1.807) is 12.1 Å². The number of aromatic hydroxyl groups is 1. The second-order valence-electron chi connectivity index (χ2n) is 5.25. The Kier molecular flexibility index (Phi) is 4.87. The van der Waals surface area contributed by atoms with E-state index in [4.69, 9.17) is 0 Å². The number of nitrogens with zero attached hydrogens (tertiary/aromatic N) is 1. The van der Waals surface area contributed by atoms with Crippen LogP contribution in [0.15, 0.2) is 53.0 Å². The Hall–Kier alpha value is -1.99. The van der Waals surface area contributed by atoms with Crippen molar-refractivity contribution in [1.29, 1.82) is 5.26 Å². The van der Waals surface area contributed by atoms with Gasteiger partial charge in [0.1, 0.15) is 11.3 Å². The number of halogens is 1. The van der Waals surface area contributed by atoms with Crippen molar-refractivity contribution in [2.45, 2.75) is 25.3 Å². The fourth-order valence-corrected chi connectivity index (χ4v) is 2.49. The average Bonchev–Trinajstić information content (AvgIpc) is 2.47. The number of nitrogens with one attached hydrogen (secondary N) is 1. The molecule has 0 amide bonds. The maximum Gasteiger partial charge on any atom is 0.122 e. The molecule has 2 aromatic rings. The van der Waals surface area contributed by atoms with Gasteiger partial charge in [-0.3, -0.25) is 0 Å². The smallest absolute Gasteiger partial charge is 0.122 e. The Morgan fingerprint density at radius 2 is 1.95 bits per heavy atom. The van der Waals surface area contributed by atoms with Crippen LogP contribution >= 0.6 is 15.9 Å². The molecular weight excluding hydrogens is 328 g/mol. The highest BCUT2D eigenvalue weighted by molar-refractivity contribution is 9.10. The number of aryl methyl sites for hydroxylation is 1. The average molecular weight is 345 g/mol. The topological polar surface area (TPSA) is 56.0 Å². The molecule has 0 aliphatic carbocycles. The maximum absolute atomic E-state index is 9.47. The summed E-state index contributed by atoms with van der Waals surface area (Å²) < 4.78 is 0.978. The lowest BCUT2D eigenvalue weighted by molar-refractivity contribution is 0.475. The fourth-order valence-electron chi connectivity index (χ4n) is 2.09. The number of phenols is 1. The summed E-state index contributed by atoms with van der Waals surface area (Å²) in [6, 6.07) is 17.2. The molecule has 0 aromatic heterocycles. The van der Waals surface area contributed by atoms with Crippen molar-refractivity contribution in [3.05, 3.63) is 58.6 Å². The Morgan fingerprint density at radius 1 is 1.24 bits per heavy atom. The van der Waals surface area contributed by atoms with Gasteiger partial charge >= 0.3 is 0 Å². The van der Waals surface area contributed by atoms with E-state index in [2.05, 4.69) is 27.3 Å². The van der Waals surface area contributed by atoms with E-state index >= 15 is 0 Å². The molecule has 0 radical (unpaired) electrons. The zero-order chi connectivity index (χ0) is 15.3. The molecule has 0 saturated heterocycles. The molecule has 0 spiro atoms. The molecule has 0 saturated carbocycles. The Bertz CT molecular complexity index is 649. The minimum Gasteiger partial charge on any atom is -0.508 e. The SMILES string of the molecule is CC(C#N)(CCc1ccc(O)cc1)Nc1cccc(Br)c1. The number of nitriles is 1. The van der Waals surface area contributed by atoms with Gasteiger partial charge in [-0.05, 0) is 55.7 Å². The summed E-state index contributed by atoms with van der Waals surface area (Å²) in [7, 11) is 0. The lowest BCUT2D eigenvalue weighted by atomic mass is 9.94. The van der Waals surface area contributed by atoms with Gasteiger partial charge in [0.15, 0.2) is 0 Å². The van der Waals surface area contributed by atoms with Crippen molar-refractivity contribution in [2.75, 3.05) is 5.32 Å². The summed E-state index contributed by atoms with van der Waals surface area (Å²) in [5.41, 5.74) is 1.38. The molecule has 1 atom stereocenters. The summed E-state index contributed by atoms with van der Waals surface area (Å²) in [5, 5.41) is 22.0. The van der Waals surface area contributed by atoms with Gasteiger partial charge in [-0.25, -0.2) is 0 Å². The Morgan fingerprint density at radius 3 is 2.57 bits per heavy atom. The van der Waals surface area contributed by atoms with Crippen LogP contribution in [0.4, 0.5) is 5.69 Å². The van der Waals surface area contributed by atoms with Gasteiger partial charge in [0, 0.05) is 10.2 Å². The van der Waals surface area contributed by atoms with Gasteiger partial charge in [-0.15, -0.1) is 0 Å². The first-order valence-corrected chi connectivity index (χ1v) is 7.53. The molecule has 0 aliphatic heterocycles. The first kappa shape index (κ1) is 15.4. The third kappa shape index (κ3) is 4.51. The largest absolute Gasteiger partial charge is 0.508 e. The number of phenolic OH excluding ortho intramolecular Hbond substituents is 1. The predicted octanol–water partition coefficient (Wildman–Crippen LogP) is 4.48. The van der Waals surface area contributed by atoms with Crippen LogP contribution in [0.3, 0.4) is 0 Å². The van der Waals surface area contributed by atoms with Crippen LogP contribution in [-0.4, -0.2) is 10.6 Å². The normalized spacial score (nSPS) is 13.2. The highest BCUT2D eigenvalue weighted by Crippen LogP contribution is 2.23. The first-order valence-electron chi connectivity index (χ1n) is 6.74. The molecule has 108 valence electrons. The van der Waals surface area contributed by atoms with Crippen molar-refractivity contribution in [3.63, 3.8) is 0 Å². The number of rotatable bonds is 5. The molecule has 21 heavy (non-hydrogen) atoms. The van der Waals surface area contributed by atoms with Gasteiger partial charge in [-0.1, -0.05) is 34.1 Å². The summed E-state index contributed by atoms with van der Waals surface area (Å²) in [4.78, 5) is 0. The molecular formula is C17H17BrN2O. The van der Waals surface area contributed by atoms with Crippen LogP contribution < -0.4 is 5.32 Å². The van der Waals surface area contributed by atoms with E-state index in [1.807, 2.05) is 43.3 Å². The van der Waals surface area contributed by atoms with Crippen LogP contribution in [0.5, 0.6) is 5.75 Å². The molecule has 1 unspecified atom stereocenters. The van der Waals surface area contributed by atoms with Crippen LogP contribution in [0.2, 0.25) is 0 Å². The molecule has 2 rings (SSSR count). The second-order valence-corrected chi connectivity index (χ2v) is 6.16. The van der Waals surface area contributed by atoms with Crippen LogP contribution in [0.25, 0.3) is 0 Å². The van der Waals surface area contributed by atoms with Gasteiger partial charge in [-0.2, -0.15) is 5.26 Å². The number of hydrogen-bond acceptors (Lipinski definition) is 3. The number of hydrogen-bond donors (Lipinski definition) is 2. The van der Waals surface area contributed by atoms with E-state index in [0.717, 1.165) is 22.1 Å². The number of benzene rings is 2. The van der Waals surface area contributed by atoms with Gasteiger partial charge in [0.25, 0.3) is 0 Å². The Labute approximate surface area is 133 Å². The zero-order valence-electron chi connectivity index (χ0n) is 11.8. The third-order valence-corrected chi connectivity index (χ3v) is 3.83. The summed E-state index contributed by atoms with van der Waals surface area (Å²) >= 11 is 3.43. The van der Waals surface area contributed by atoms with Crippen molar-refractivity contribution in [2.24, 2.45) is 0 Å². The van der Waals surface area contributed by atoms with Crippen LogP contribution in [-0.2, 0) is 6.42 Å². The predicted molar refractivity (Wildman–Crippen MR) is 88.2 cm³/mol. The molecule has 2 aromatic carbocycles. The highest BCUT2D eigenvalue weighted by atomic mass is 79.9. The standard InChI is InChI=1S/C17H17BrN2O/c1-17(12-19,20-15-4-2-3-14(18)11-15)10-9-13-5-7-16(21)8-6-13/h2-8,11,20-21H,9-10H2,1H3. The van der Waals surface area contributed by atoms with Gasteiger partial charge < -0.3 is 10.4 Å². The third-order valence-electron chi connectivity index (χ3n) is 3.34. The van der Waals surface area contributed by atoms with Crippen molar-refractivity contribution < 1.29 is 5.11 Å². The maximum atomic E-state index is 9.47. The molecule has 2 N–H and O–H groups in total. The summed E-state index contributed by atoms with van der Waals surface area (Å²) in [6.45, 7) is 1.90. The van der Waals surface area contributed by atoms with Crippen LogP contribution in [0, 0.1) is 11.3 Å². The zero-order valence-corrected chi connectivity index (χ0v) is 13.4. The molecule has 0 bridgehead atoms. The second kappa shape index (κ2) is 6.64. The van der Waals surface area contributed by atoms with E-state index in [1.165, 1.54) is 0 Å². The minimum atomic E-state index is -0.640. The fraction of sp³-hybridized carbons (Fsp3) is 0.235. The minimum absolute atomic E-state index is 0.258. The van der Waals surface area contributed by atoms with Crippen molar-refractivity contribution in [3.8, 4) is 11.8 Å². The van der Waals surface area contributed by atoms with Gasteiger partial charge in [0.2, 0.25) is 0 Å². The summed E-state index contributed by atoms with van der Waals surface area (Å²) in [6.07, 6.45) is 1.45. The summed E-state index contributed by atoms with van der Waals surface area (Å²) in [5.74, 6) is 0.258. The highest BCUT2D eigenvalue weighted by Gasteiger charge is 2.23.